The molecule has 1 saturated heterocycles. The molecule has 1 aromatic rings. The van der Waals surface area contributed by atoms with E-state index >= 15 is 0 Å². The van der Waals surface area contributed by atoms with Crippen LogP contribution in [0.2, 0.25) is 0 Å². The number of amides is 1. The summed E-state index contributed by atoms with van der Waals surface area (Å²) in [5, 5.41) is 0. The molecule has 0 saturated carbocycles. The molecule has 104 valence electrons. The van der Waals surface area contributed by atoms with Crippen LogP contribution in [-0.2, 0) is 4.79 Å². The number of carbonyl (C=O) groups excluding carboxylic acids is 1. The minimum Gasteiger partial charge on any atom is -0.342 e. The van der Waals surface area contributed by atoms with Crippen LogP contribution in [0, 0.1) is 5.92 Å². The van der Waals surface area contributed by atoms with Crippen LogP contribution in [-0.4, -0.2) is 28.7 Å². The van der Waals surface area contributed by atoms with E-state index in [-0.39, 0.29) is 10.7 Å². The summed E-state index contributed by atoms with van der Waals surface area (Å²) in [4.78, 5) is 14.2. The van der Waals surface area contributed by atoms with Gasteiger partial charge in [0.1, 0.15) is 0 Å². The number of nitrogens with zero attached hydrogens (tertiary/aromatic N) is 1. The predicted octanol–water partition coefficient (Wildman–Crippen LogP) is 3.81. The Hall–Kier alpha value is -0.830. The van der Waals surface area contributed by atoms with E-state index in [9.17, 15) is 4.79 Å². The van der Waals surface area contributed by atoms with Crippen molar-refractivity contribution in [2.45, 2.75) is 37.4 Å². The molecule has 1 atom stereocenters. The van der Waals surface area contributed by atoms with Gasteiger partial charge in [0.2, 0.25) is 5.91 Å². The van der Waals surface area contributed by atoms with Crippen LogP contribution in [0.1, 0.15) is 38.2 Å². The van der Waals surface area contributed by atoms with Gasteiger partial charge in [-0.3, -0.25) is 4.79 Å². The van der Waals surface area contributed by atoms with Crippen molar-refractivity contribution >= 4 is 21.8 Å². The van der Waals surface area contributed by atoms with Gasteiger partial charge in [-0.05, 0) is 30.2 Å². The topological polar surface area (TPSA) is 20.3 Å². The largest absolute Gasteiger partial charge is 0.342 e. The van der Waals surface area contributed by atoms with Crippen molar-refractivity contribution in [2.75, 3.05) is 13.1 Å². The highest BCUT2D eigenvalue weighted by Gasteiger charge is 2.28. The fraction of sp³-hybridized carbons (Fsp3) is 0.562. The smallest absolute Gasteiger partial charge is 0.236 e. The molecule has 0 bridgehead atoms. The molecule has 2 rings (SSSR count). The van der Waals surface area contributed by atoms with E-state index < -0.39 is 0 Å². The van der Waals surface area contributed by atoms with Crippen molar-refractivity contribution in [1.82, 2.24) is 4.90 Å². The monoisotopic (exact) mass is 323 g/mol. The lowest BCUT2D eigenvalue weighted by Gasteiger charge is -2.34. The Labute approximate surface area is 124 Å². The molecule has 19 heavy (non-hydrogen) atoms. The summed E-state index contributed by atoms with van der Waals surface area (Å²) in [6, 6.07) is 10.6. The average Bonchev–Trinajstić information content (AvgIpc) is 2.46. The summed E-state index contributed by atoms with van der Waals surface area (Å²) in [5.41, 5.74) is 1.41. The maximum Gasteiger partial charge on any atom is 0.236 e. The van der Waals surface area contributed by atoms with Crippen molar-refractivity contribution in [1.29, 1.82) is 0 Å². The van der Waals surface area contributed by atoms with Crippen molar-refractivity contribution in [2.24, 2.45) is 5.92 Å². The van der Waals surface area contributed by atoms with Crippen LogP contribution in [0.4, 0.5) is 0 Å². The predicted molar refractivity (Wildman–Crippen MR) is 82.6 cm³/mol. The van der Waals surface area contributed by atoms with Crippen molar-refractivity contribution in [3.63, 3.8) is 0 Å². The maximum atomic E-state index is 12.3. The van der Waals surface area contributed by atoms with Gasteiger partial charge in [0.25, 0.3) is 0 Å². The van der Waals surface area contributed by atoms with Gasteiger partial charge < -0.3 is 4.90 Å². The molecular weight excluding hydrogens is 302 g/mol. The Bertz CT molecular complexity index is 410. The minimum absolute atomic E-state index is 0.0409. The van der Waals surface area contributed by atoms with Crippen LogP contribution < -0.4 is 0 Å². The molecule has 2 nitrogen and oxygen atoms in total. The van der Waals surface area contributed by atoms with E-state index in [2.05, 4.69) is 60.1 Å². The molecule has 3 heteroatoms. The quantitative estimate of drug-likeness (QED) is 0.774. The van der Waals surface area contributed by atoms with Crippen LogP contribution in [0.15, 0.2) is 30.3 Å². The zero-order chi connectivity index (χ0) is 13.8. The van der Waals surface area contributed by atoms with Gasteiger partial charge in [0, 0.05) is 13.1 Å². The van der Waals surface area contributed by atoms with Gasteiger partial charge in [-0.1, -0.05) is 60.1 Å². The number of likely N-dealkylation sites (tertiary alicyclic amines) is 1. The highest BCUT2D eigenvalue weighted by molar-refractivity contribution is 9.10. The van der Waals surface area contributed by atoms with E-state index in [1.54, 1.807) is 0 Å². The number of halogens is 1. The van der Waals surface area contributed by atoms with Crippen molar-refractivity contribution in [3.8, 4) is 0 Å². The first kappa shape index (κ1) is 14.6. The van der Waals surface area contributed by atoms with Crippen LogP contribution in [0.5, 0.6) is 0 Å². The molecule has 1 aliphatic rings. The summed E-state index contributed by atoms with van der Waals surface area (Å²) in [6.45, 7) is 5.92. The second kappa shape index (κ2) is 6.56. The summed E-state index contributed by atoms with van der Waals surface area (Å²) >= 11 is 3.51. The highest BCUT2D eigenvalue weighted by atomic mass is 79.9. The second-order valence-electron chi connectivity index (χ2n) is 5.66. The third kappa shape index (κ3) is 3.59. The second-order valence-corrected chi connectivity index (χ2v) is 6.64. The van der Waals surface area contributed by atoms with Crippen molar-refractivity contribution < 1.29 is 4.79 Å². The van der Waals surface area contributed by atoms with E-state index in [0.29, 0.717) is 11.8 Å². The summed E-state index contributed by atoms with van der Waals surface area (Å²) in [7, 11) is 0. The van der Waals surface area contributed by atoms with E-state index in [0.717, 1.165) is 25.9 Å². The first-order chi connectivity index (χ1) is 9.09. The Morgan fingerprint density at radius 2 is 1.79 bits per heavy atom. The number of hydrogen-bond donors (Lipinski definition) is 0. The highest BCUT2D eigenvalue weighted by Crippen LogP contribution is 2.29. The molecule has 1 aromatic carbocycles. The zero-order valence-corrected chi connectivity index (χ0v) is 13.3. The standard InChI is InChI=1S/C16H22BrNO/c1-12(2)15(17)16(19)18-10-8-14(9-11-18)13-6-4-3-5-7-13/h3-7,12,14-15H,8-11H2,1-2H3. The van der Waals surface area contributed by atoms with Crippen LogP contribution >= 0.6 is 15.9 Å². The molecule has 0 radical (unpaired) electrons. The lowest BCUT2D eigenvalue weighted by Crippen LogP contribution is -2.43. The number of carbonyl (C=O) groups is 1. The van der Waals surface area contributed by atoms with E-state index in [1.807, 2.05) is 4.90 Å². The van der Waals surface area contributed by atoms with Gasteiger partial charge in [-0.15, -0.1) is 0 Å². The number of rotatable bonds is 3. The minimum atomic E-state index is -0.0409. The zero-order valence-electron chi connectivity index (χ0n) is 11.7. The molecule has 1 heterocycles. The van der Waals surface area contributed by atoms with Gasteiger partial charge in [0.15, 0.2) is 0 Å². The van der Waals surface area contributed by atoms with E-state index in [4.69, 9.17) is 0 Å². The third-order valence-corrected chi connectivity index (χ3v) is 5.35. The Balaban J connectivity index is 1.91. The summed E-state index contributed by atoms with van der Waals surface area (Å²) in [5.74, 6) is 1.21. The van der Waals surface area contributed by atoms with Gasteiger partial charge in [-0.25, -0.2) is 0 Å². The SMILES string of the molecule is CC(C)C(Br)C(=O)N1CCC(c2ccccc2)CC1. The first-order valence-electron chi connectivity index (χ1n) is 7.07. The average molecular weight is 324 g/mol. The van der Waals surface area contributed by atoms with Gasteiger partial charge in [-0.2, -0.15) is 0 Å². The third-order valence-electron chi connectivity index (χ3n) is 3.90. The maximum absolute atomic E-state index is 12.3. The molecule has 0 N–H and O–H groups in total. The normalized spacial score (nSPS) is 18.6. The Morgan fingerprint density at radius 3 is 2.32 bits per heavy atom. The fourth-order valence-corrected chi connectivity index (χ4v) is 2.91. The molecule has 0 aliphatic carbocycles. The van der Waals surface area contributed by atoms with Gasteiger partial charge in [0.05, 0.1) is 4.83 Å². The first-order valence-corrected chi connectivity index (χ1v) is 7.99. The van der Waals surface area contributed by atoms with Crippen LogP contribution in [0.3, 0.4) is 0 Å². The molecule has 0 spiro atoms. The molecular formula is C16H22BrNO. The molecule has 1 unspecified atom stereocenters. The summed E-state index contributed by atoms with van der Waals surface area (Å²) < 4.78 is 0. The lowest BCUT2D eigenvalue weighted by atomic mass is 9.89. The van der Waals surface area contributed by atoms with Crippen molar-refractivity contribution in [3.05, 3.63) is 35.9 Å². The Morgan fingerprint density at radius 1 is 1.21 bits per heavy atom. The number of benzene rings is 1. The number of hydrogen-bond acceptors (Lipinski definition) is 1. The van der Waals surface area contributed by atoms with E-state index in [1.165, 1.54) is 5.56 Å². The molecule has 1 aliphatic heterocycles. The molecule has 1 fully saturated rings. The van der Waals surface area contributed by atoms with Gasteiger partial charge >= 0.3 is 0 Å². The van der Waals surface area contributed by atoms with Crippen LogP contribution in [0.25, 0.3) is 0 Å². The molecule has 0 aromatic heterocycles. The Kier molecular flexibility index (Phi) is 5.03. The number of piperidine rings is 1. The fourth-order valence-electron chi connectivity index (χ4n) is 2.62. The number of alkyl halides is 1. The summed E-state index contributed by atoms with van der Waals surface area (Å²) in [6.07, 6.45) is 2.15. The lowest BCUT2D eigenvalue weighted by molar-refractivity contribution is -0.132. The molecule has 1 amide bonds.